The zero-order valence-electron chi connectivity index (χ0n) is 15.9. The zero-order chi connectivity index (χ0) is 20.3. The highest BCUT2D eigenvalue weighted by Gasteiger charge is 2.41. The molecule has 152 valence electrons. The first kappa shape index (κ1) is 19.6. The van der Waals surface area contributed by atoms with Gasteiger partial charge in [0.25, 0.3) is 5.91 Å². The highest BCUT2D eigenvalue weighted by Crippen LogP contribution is 2.40. The molecule has 2 N–H and O–H groups in total. The van der Waals surface area contributed by atoms with Gasteiger partial charge in [-0.15, -0.1) is 0 Å². The molecule has 29 heavy (non-hydrogen) atoms. The molecule has 2 aromatic carbocycles. The molecule has 2 aromatic rings. The smallest absolute Gasteiger partial charge is 0.283 e. The Labute approximate surface area is 174 Å². The maximum Gasteiger partial charge on any atom is 0.283 e. The molecule has 1 unspecified atom stereocenters. The van der Waals surface area contributed by atoms with E-state index in [2.05, 4.69) is 10.9 Å². The Hall–Kier alpha value is -2.73. The van der Waals surface area contributed by atoms with E-state index in [1.807, 2.05) is 30.3 Å². The molecule has 1 aliphatic heterocycles. The van der Waals surface area contributed by atoms with Gasteiger partial charge in [-0.3, -0.25) is 20.4 Å². The van der Waals surface area contributed by atoms with Crippen LogP contribution in [0.3, 0.4) is 0 Å². The van der Waals surface area contributed by atoms with Crippen molar-refractivity contribution >= 4 is 23.4 Å². The summed E-state index contributed by atoms with van der Waals surface area (Å²) in [5, 5.41) is 0.593. The van der Waals surface area contributed by atoms with Crippen LogP contribution in [0.1, 0.15) is 37.7 Å². The maximum absolute atomic E-state index is 13.2. The highest BCUT2D eigenvalue weighted by atomic mass is 35.5. The predicted octanol–water partition coefficient (Wildman–Crippen LogP) is 3.53. The van der Waals surface area contributed by atoms with Crippen LogP contribution in [0, 0.1) is 0 Å². The summed E-state index contributed by atoms with van der Waals surface area (Å²) in [6, 6.07) is 14.6. The maximum atomic E-state index is 13.2. The van der Waals surface area contributed by atoms with Crippen LogP contribution in [0.15, 0.2) is 48.5 Å². The standard InChI is InChI=1S/C22H23ClN2O4/c23-16-8-6-7-15(13-16)22(11-4-1-5-12-22)21(27)25-24-20(26)19-14-28-17-9-2-3-10-18(17)29-19/h2-3,6-10,13,19H,1,4-5,11-12,14H2,(H,24,26)(H,25,27). The van der Waals surface area contributed by atoms with Crippen molar-refractivity contribution in [3.05, 3.63) is 59.1 Å². The van der Waals surface area contributed by atoms with E-state index in [0.29, 0.717) is 29.4 Å². The van der Waals surface area contributed by atoms with E-state index in [-0.39, 0.29) is 12.5 Å². The van der Waals surface area contributed by atoms with E-state index in [0.717, 1.165) is 24.8 Å². The molecule has 1 atom stereocenters. The van der Waals surface area contributed by atoms with Crippen molar-refractivity contribution in [2.24, 2.45) is 0 Å². The van der Waals surface area contributed by atoms with Gasteiger partial charge in [-0.05, 0) is 42.7 Å². The van der Waals surface area contributed by atoms with Crippen LogP contribution in [0.4, 0.5) is 0 Å². The van der Waals surface area contributed by atoms with Crippen LogP contribution in [0.25, 0.3) is 0 Å². The van der Waals surface area contributed by atoms with E-state index in [1.54, 1.807) is 18.2 Å². The van der Waals surface area contributed by atoms with Crippen molar-refractivity contribution in [1.82, 2.24) is 10.9 Å². The first-order valence-corrected chi connectivity index (χ1v) is 10.2. The van der Waals surface area contributed by atoms with Gasteiger partial charge >= 0.3 is 0 Å². The molecule has 2 amide bonds. The molecule has 2 aliphatic rings. The molecule has 6 nitrogen and oxygen atoms in total. The summed E-state index contributed by atoms with van der Waals surface area (Å²) in [4.78, 5) is 25.7. The third-order valence-corrected chi connectivity index (χ3v) is 5.85. The molecule has 0 spiro atoms. The van der Waals surface area contributed by atoms with Crippen molar-refractivity contribution in [1.29, 1.82) is 0 Å². The third kappa shape index (κ3) is 4.03. The lowest BCUT2D eigenvalue weighted by atomic mass is 9.69. The van der Waals surface area contributed by atoms with Crippen molar-refractivity contribution in [2.75, 3.05) is 6.61 Å². The van der Waals surface area contributed by atoms with Gasteiger partial charge in [0.15, 0.2) is 11.5 Å². The molecule has 7 heteroatoms. The van der Waals surface area contributed by atoms with E-state index in [9.17, 15) is 9.59 Å². The van der Waals surface area contributed by atoms with Gasteiger partial charge in [0, 0.05) is 5.02 Å². The number of fused-ring (bicyclic) bond motifs is 1. The van der Waals surface area contributed by atoms with E-state index >= 15 is 0 Å². The minimum Gasteiger partial charge on any atom is -0.485 e. The van der Waals surface area contributed by atoms with Gasteiger partial charge in [-0.1, -0.05) is 55.1 Å². The normalized spacial score (nSPS) is 19.8. The molecule has 0 bridgehead atoms. The fraction of sp³-hybridized carbons (Fsp3) is 0.364. The summed E-state index contributed by atoms with van der Waals surface area (Å²) in [5.74, 6) is 0.422. The lowest BCUT2D eigenvalue weighted by molar-refractivity contribution is -0.137. The number of carbonyl (C=O) groups excluding carboxylic acids is 2. The van der Waals surface area contributed by atoms with Crippen LogP contribution in [0.5, 0.6) is 11.5 Å². The fourth-order valence-corrected chi connectivity index (χ4v) is 4.25. The number of nitrogens with one attached hydrogen (secondary N) is 2. The molecule has 0 radical (unpaired) electrons. The van der Waals surface area contributed by atoms with Crippen molar-refractivity contribution in [3.63, 3.8) is 0 Å². The first-order valence-electron chi connectivity index (χ1n) is 9.83. The molecule has 0 aromatic heterocycles. The molecule has 1 aliphatic carbocycles. The second-order valence-electron chi connectivity index (χ2n) is 7.46. The van der Waals surface area contributed by atoms with Gasteiger partial charge in [0.2, 0.25) is 12.0 Å². The number of rotatable bonds is 3. The van der Waals surface area contributed by atoms with Crippen molar-refractivity contribution < 1.29 is 19.1 Å². The molecule has 4 rings (SSSR count). The van der Waals surface area contributed by atoms with Crippen LogP contribution < -0.4 is 20.3 Å². The van der Waals surface area contributed by atoms with E-state index < -0.39 is 17.4 Å². The summed E-state index contributed by atoms with van der Waals surface area (Å²) in [6.07, 6.45) is 3.58. The van der Waals surface area contributed by atoms with Crippen LogP contribution in [0.2, 0.25) is 5.02 Å². The van der Waals surface area contributed by atoms with Gasteiger partial charge < -0.3 is 9.47 Å². The number of amides is 2. The molecule has 1 fully saturated rings. The lowest BCUT2D eigenvalue weighted by Crippen LogP contribution is -2.56. The topological polar surface area (TPSA) is 76.7 Å². The number of halogens is 1. The van der Waals surface area contributed by atoms with Crippen molar-refractivity contribution in [3.8, 4) is 11.5 Å². The summed E-state index contributed by atoms with van der Waals surface area (Å²) in [6.45, 7) is 0.0815. The van der Waals surface area contributed by atoms with Crippen LogP contribution in [-0.2, 0) is 15.0 Å². The Morgan fingerprint density at radius 3 is 2.48 bits per heavy atom. The molecule has 1 heterocycles. The number of hydrogen-bond acceptors (Lipinski definition) is 4. The summed E-state index contributed by atoms with van der Waals surface area (Å²) >= 11 is 6.17. The average Bonchev–Trinajstić information content (AvgIpc) is 2.77. The van der Waals surface area contributed by atoms with Crippen LogP contribution >= 0.6 is 11.6 Å². The molecular formula is C22H23ClN2O4. The number of carbonyl (C=O) groups is 2. The number of hydrazine groups is 1. The Morgan fingerprint density at radius 2 is 1.72 bits per heavy atom. The Bertz CT molecular complexity index is 911. The molecule has 1 saturated carbocycles. The minimum absolute atomic E-state index is 0.0815. The Balaban J connectivity index is 1.44. The number of hydrogen-bond donors (Lipinski definition) is 2. The molecule has 0 saturated heterocycles. The van der Waals surface area contributed by atoms with Gasteiger partial charge in [0.1, 0.15) is 6.61 Å². The van der Waals surface area contributed by atoms with Crippen molar-refractivity contribution in [2.45, 2.75) is 43.6 Å². The largest absolute Gasteiger partial charge is 0.485 e. The number of ether oxygens (including phenoxy) is 2. The van der Waals surface area contributed by atoms with Gasteiger partial charge in [0.05, 0.1) is 5.41 Å². The summed E-state index contributed by atoms with van der Waals surface area (Å²) in [5.41, 5.74) is 5.30. The first-order chi connectivity index (χ1) is 14.1. The summed E-state index contributed by atoms with van der Waals surface area (Å²) in [7, 11) is 0. The Kier molecular flexibility index (Phi) is 5.62. The SMILES string of the molecule is O=C(NNC(=O)C1(c2cccc(Cl)c2)CCCCC1)C1COc2ccccc2O1. The fourth-order valence-electron chi connectivity index (χ4n) is 4.06. The minimum atomic E-state index is -0.835. The van der Waals surface area contributed by atoms with Gasteiger partial charge in [-0.2, -0.15) is 0 Å². The van der Waals surface area contributed by atoms with E-state index in [4.69, 9.17) is 21.1 Å². The lowest BCUT2D eigenvalue weighted by Gasteiger charge is -2.36. The average molecular weight is 415 g/mol. The molecular weight excluding hydrogens is 392 g/mol. The number of benzene rings is 2. The summed E-state index contributed by atoms with van der Waals surface area (Å²) < 4.78 is 11.3. The third-order valence-electron chi connectivity index (χ3n) is 5.62. The predicted molar refractivity (Wildman–Crippen MR) is 109 cm³/mol. The van der Waals surface area contributed by atoms with E-state index in [1.165, 1.54) is 0 Å². The Morgan fingerprint density at radius 1 is 0.966 bits per heavy atom. The second-order valence-corrected chi connectivity index (χ2v) is 7.90. The monoisotopic (exact) mass is 414 g/mol. The number of para-hydroxylation sites is 2. The highest BCUT2D eigenvalue weighted by molar-refractivity contribution is 6.30. The van der Waals surface area contributed by atoms with Crippen LogP contribution in [-0.4, -0.2) is 24.5 Å². The second kappa shape index (κ2) is 8.33. The zero-order valence-corrected chi connectivity index (χ0v) is 16.7. The quantitative estimate of drug-likeness (QED) is 0.753. The van der Waals surface area contributed by atoms with Gasteiger partial charge in [-0.25, -0.2) is 0 Å².